The summed E-state index contributed by atoms with van der Waals surface area (Å²) >= 11 is 0. The monoisotopic (exact) mass is 337 g/mol. The van der Waals surface area contributed by atoms with E-state index in [-0.39, 0.29) is 36.6 Å². The number of esters is 1. The number of ether oxygens (including phenoxy) is 3. The van der Waals surface area contributed by atoms with E-state index in [0.29, 0.717) is 19.0 Å². The molecule has 0 saturated heterocycles. The number of hydrogen-bond acceptors (Lipinski definition) is 7. The van der Waals surface area contributed by atoms with Gasteiger partial charge in [0.2, 0.25) is 0 Å². The highest BCUT2D eigenvalue weighted by Gasteiger charge is 2.38. The summed E-state index contributed by atoms with van der Waals surface area (Å²) in [7, 11) is 0. The first-order valence-corrected chi connectivity index (χ1v) is 7.92. The number of rotatable bonds is 7. The van der Waals surface area contributed by atoms with E-state index in [1.165, 1.54) is 4.90 Å². The molecule has 0 radical (unpaired) electrons. The van der Waals surface area contributed by atoms with E-state index < -0.39 is 12.1 Å². The summed E-state index contributed by atoms with van der Waals surface area (Å²) in [6.45, 7) is 6.35. The van der Waals surface area contributed by atoms with Gasteiger partial charge in [0.25, 0.3) is 5.91 Å². The number of nitrogen functional groups attached to an aromatic ring is 1. The highest BCUT2D eigenvalue weighted by molar-refractivity contribution is 6.02. The molecule has 0 aliphatic carbocycles. The average Bonchev–Trinajstić information content (AvgIpc) is 2.54. The largest absolute Gasteiger partial charge is 0.476 e. The molecular formula is C16H23N3O5. The van der Waals surface area contributed by atoms with Crippen LogP contribution in [-0.4, -0.2) is 49.3 Å². The first kappa shape index (κ1) is 18.0. The fourth-order valence-electron chi connectivity index (χ4n) is 2.29. The summed E-state index contributed by atoms with van der Waals surface area (Å²) in [5.74, 6) is -0.0363. The molecule has 0 saturated carbocycles. The highest BCUT2D eigenvalue weighted by atomic mass is 16.6. The molecule has 0 spiro atoms. The van der Waals surface area contributed by atoms with Crippen molar-refractivity contribution in [2.75, 3.05) is 37.0 Å². The first-order valence-electron chi connectivity index (χ1n) is 7.92. The Morgan fingerprint density at radius 1 is 1.42 bits per heavy atom. The molecule has 0 aromatic carbocycles. The van der Waals surface area contributed by atoms with Crippen LogP contribution in [0.2, 0.25) is 0 Å². The number of pyridine rings is 1. The molecule has 0 bridgehead atoms. The third kappa shape index (κ3) is 4.14. The molecule has 2 heterocycles. The van der Waals surface area contributed by atoms with Gasteiger partial charge in [-0.05, 0) is 25.0 Å². The Hall–Kier alpha value is -2.35. The lowest BCUT2D eigenvalue weighted by molar-refractivity contribution is -0.145. The zero-order valence-electron chi connectivity index (χ0n) is 14.2. The number of anilines is 2. The quantitative estimate of drug-likeness (QED) is 0.584. The van der Waals surface area contributed by atoms with Crippen LogP contribution >= 0.6 is 0 Å². The molecule has 0 fully saturated rings. The molecule has 1 aromatic rings. The van der Waals surface area contributed by atoms with E-state index in [9.17, 15) is 9.59 Å². The summed E-state index contributed by atoms with van der Waals surface area (Å²) in [6.07, 6.45) is -0.681. The van der Waals surface area contributed by atoms with Gasteiger partial charge in [0.05, 0.1) is 6.61 Å². The van der Waals surface area contributed by atoms with Crippen molar-refractivity contribution >= 4 is 23.5 Å². The minimum atomic E-state index is -0.681. The Morgan fingerprint density at radius 3 is 2.83 bits per heavy atom. The van der Waals surface area contributed by atoms with Gasteiger partial charge in [-0.15, -0.1) is 0 Å². The number of aromatic nitrogens is 1. The van der Waals surface area contributed by atoms with Gasteiger partial charge in [-0.1, -0.05) is 13.8 Å². The molecule has 2 N–H and O–H groups in total. The molecule has 1 aliphatic heterocycles. The molecule has 132 valence electrons. The van der Waals surface area contributed by atoms with Crippen molar-refractivity contribution in [1.29, 1.82) is 0 Å². The zero-order valence-corrected chi connectivity index (χ0v) is 14.2. The molecule has 1 aliphatic rings. The van der Waals surface area contributed by atoms with Crippen LogP contribution in [0.5, 0.6) is 5.75 Å². The highest BCUT2D eigenvalue weighted by Crippen LogP contribution is 2.34. The number of nitrogens with two attached hydrogens (primary N) is 1. The third-order valence-electron chi connectivity index (χ3n) is 3.47. The number of nitrogens with zero attached hydrogens (tertiary/aromatic N) is 2. The molecule has 1 aromatic heterocycles. The lowest BCUT2D eigenvalue weighted by atomic mass is 10.0. The normalized spacial score (nSPS) is 16.8. The Kier molecular flexibility index (Phi) is 5.97. The fourth-order valence-corrected chi connectivity index (χ4v) is 2.29. The van der Waals surface area contributed by atoms with Crippen molar-refractivity contribution in [2.24, 2.45) is 5.92 Å². The van der Waals surface area contributed by atoms with Crippen LogP contribution in [0.15, 0.2) is 12.1 Å². The third-order valence-corrected chi connectivity index (χ3v) is 3.47. The molecule has 8 heteroatoms. The Bertz CT molecular complexity index is 605. The van der Waals surface area contributed by atoms with Gasteiger partial charge in [0, 0.05) is 6.61 Å². The van der Waals surface area contributed by atoms with E-state index in [0.717, 1.165) is 0 Å². The lowest BCUT2D eigenvalue weighted by Crippen LogP contribution is -2.50. The maximum atomic E-state index is 12.6. The van der Waals surface area contributed by atoms with Crippen LogP contribution in [0, 0.1) is 5.92 Å². The van der Waals surface area contributed by atoms with E-state index in [2.05, 4.69) is 4.98 Å². The predicted octanol–water partition coefficient (Wildman–Crippen LogP) is 0.993. The Labute approximate surface area is 140 Å². The first-order chi connectivity index (χ1) is 11.4. The summed E-state index contributed by atoms with van der Waals surface area (Å²) in [4.78, 5) is 30.1. The van der Waals surface area contributed by atoms with Crippen LogP contribution in [0.1, 0.15) is 20.8 Å². The SMILES string of the molecule is CCOCCOC(=O)CN1C(=O)C(C(C)C)Oc2ccc(N)nc21. The Balaban J connectivity index is 2.15. The summed E-state index contributed by atoms with van der Waals surface area (Å²) in [5.41, 5.74) is 5.69. The molecule has 1 unspecified atom stereocenters. The molecular weight excluding hydrogens is 314 g/mol. The van der Waals surface area contributed by atoms with Gasteiger partial charge in [0.1, 0.15) is 19.0 Å². The van der Waals surface area contributed by atoms with Gasteiger partial charge >= 0.3 is 5.97 Å². The van der Waals surface area contributed by atoms with Crippen molar-refractivity contribution in [3.8, 4) is 5.75 Å². The average molecular weight is 337 g/mol. The van der Waals surface area contributed by atoms with Crippen LogP contribution in [0.4, 0.5) is 11.6 Å². The smallest absolute Gasteiger partial charge is 0.326 e. The predicted molar refractivity (Wildman–Crippen MR) is 87.7 cm³/mol. The van der Waals surface area contributed by atoms with Crippen LogP contribution in [-0.2, 0) is 19.1 Å². The minimum absolute atomic E-state index is 0.0559. The van der Waals surface area contributed by atoms with Gasteiger partial charge in [0.15, 0.2) is 17.7 Å². The summed E-state index contributed by atoms with van der Waals surface area (Å²) < 4.78 is 15.9. The molecule has 1 atom stereocenters. The van der Waals surface area contributed by atoms with E-state index >= 15 is 0 Å². The molecule has 24 heavy (non-hydrogen) atoms. The van der Waals surface area contributed by atoms with Crippen molar-refractivity contribution in [3.05, 3.63) is 12.1 Å². The van der Waals surface area contributed by atoms with Crippen molar-refractivity contribution < 1.29 is 23.8 Å². The van der Waals surface area contributed by atoms with Crippen molar-refractivity contribution in [1.82, 2.24) is 4.98 Å². The fraction of sp³-hybridized carbons (Fsp3) is 0.562. The topological polar surface area (TPSA) is 104 Å². The van der Waals surface area contributed by atoms with Gasteiger partial charge < -0.3 is 19.9 Å². The second kappa shape index (κ2) is 7.96. The van der Waals surface area contributed by atoms with Crippen LogP contribution in [0.3, 0.4) is 0 Å². The Morgan fingerprint density at radius 2 is 2.17 bits per heavy atom. The number of hydrogen-bond donors (Lipinski definition) is 1. The number of carbonyl (C=O) groups is 2. The van der Waals surface area contributed by atoms with Gasteiger partial charge in [-0.3, -0.25) is 14.5 Å². The summed E-state index contributed by atoms with van der Waals surface area (Å²) in [6, 6.07) is 3.23. The standard InChI is InChI=1S/C16H23N3O5/c1-4-22-7-8-23-13(20)9-19-15-11(5-6-12(17)18-15)24-14(10(2)3)16(19)21/h5-6,10,14H,4,7-9H2,1-3H3,(H2,17,18). The van der Waals surface area contributed by atoms with E-state index in [1.54, 1.807) is 12.1 Å². The zero-order chi connectivity index (χ0) is 17.7. The molecule has 8 nitrogen and oxygen atoms in total. The van der Waals surface area contributed by atoms with E-state index in [4.69, 9.17) is 19.9 Å². The molecule has 2 rings (SSSR count). The van der Waals surface area contributed by atoms with Crippen LogP contribution in [0.25, 0.3) is 0 Å². The number of fused-ring (bicyclic) bond motifs is 1. The summed E-state index contributed by atoms with van der Waals surface area (Å²) in [5, 5.41) is 0. The maximum Gasteiger partial charge on any atom is 0.326 e. The maximum absolute atomic E-state index is 12.6. The van der Waals surface area contributed by atoms with Crippen LogP contribution < -0.4 is 15.4 Å². The van der Waals surface area contributed by atoms with Crippen molar-refractivity contribution in [2.45, 2.75) is 26.9 Å². The number of amides is 1. The number of carbonyl (C=O) groups excluding carboxylic acids is 2. The van der Waals surface area contributed by atoms with Gasteiger partial charge in [-0.2, -0.15) is 0 Å². The van der Waals surface area contributed by atoms with E-state index in [1.807, 2.05) is 20.8 Å². The lowest BCUT2D eigenvalue weighted by Gasteiger charge is -2.34. The van der Waals surface area contributed by atoms with Crippen molar-refractivity contribution in [3.63, 3.8) is 0 Å². The van der Waals surface area contributed by atoms with Gasteiger partial charge in [-0.25, -0.2) is 4.98 Å². The second-order valence-electron chi connectivity index (χ2n) is 5.68. The second-order valence-corrected chi connectivity index (χ2v) is 5.68. The minimum Gasteiger partial charge on any atom is -0.476 e. The molecule has 1 amide bonds.